The zero-order chi connectivity index (χ0) is 23.1. The molecule has 1 aliphatic rings. The molecule has 2 N–H and O–H groups in total. The fraction of sp³-hybridized carbons (Fsp3) is 0.435. The Morgan fingerprint density at radius 1 is 1.22 bits per heavy atom. The van der Waals surface area contributed by atoms with Gasteiger partial charge in [-0.3, -0.25) is 9.78 Å². The molecule has 2 heterocycles. The minimum Gasteiger partial charge on any atom is -0.495 e. The summed E-state index contributed by atoms with van der Waals surface area (Å²) in [6.45, 7) is 1.79. The number of amides is 3. The summed E-state index contributed by atoms with van der Waals surface area (Å²) >= 11 is 5.91. The summed E-state index contributed by atoms with van der Waals surface area (Å²) in [4.78, 5) is 33.8. The number of carbonyl (C=O) groups excluding carboxylic acids is 2. The topological polar surface area (TPSA) is 86.8 Å². The van der Waals surface area contributed by atoms with Gasteiger partial charge < -0.3 is 25.2 Å². The Kier molecular flexibility index (Phi) is 8.30. The highest BCUT2D eigenvalue weighted by atomic mass is 35.5. The first-order valence-electron chi connectivity index (χ1n) is 10.6. The average molecular weight is 460 g/mol. The Morgan fingerprint density at radius 2 is 1.97 bits per heavy atom. The smallest absolute Gasteiger partial charge is 0.319 e. The van der Waals surface area contributed by atoms with Crippen LogP contribution in [-0.4, -0.2) is 73.6 Å². The van der Waals surface area contributed by atoms with Gasteiger partial charge in [0.05, 0.1) is 13.3 Å². The number of hydrogen-bond donors (Lipinski definition) is 2. The Balaban J connectivity index is 1.71. The number of methoxy groups -OCH3 is 1. The number of rotatable bonds is 7. The van der Waals surface area contributed by atoms with Crippen molar-refractivity contribution in [2.45, 2.75) is 24.8 Å². The van der Waals surface area contributed by atoms with E-state index in [0.29, 0.717) is 48.9 Å². The maximum absolute atomic E-state index is 12.7. The van der Waals surface area contributed by atoms with Gasteiger partial charge in [-0.1, -0.05) is 11.6 Å². The number of nitrogens with one attached hydrogen (secondary N) is 2. The molecule has 1 aromatic heterocycles. The summed E-state index contributed by atoms with van der Waals surface area (Å²) in [5, 5.41) is 6.51. The molecule has 1 fully saturated rings. The van der Waals surface area contributed by atoms with Gasteiger partial charge >= 0.3 is 6.03 Å². The summed E-state index contributed by atoms with van der Waals surface area (Å²) in [6, 6.07) is 10.2. The molecular weight excluding hydrogens is 430 g/mol. The number of pyridine rings is 1. The Bertz CT molecular complexity index is 905. The Morgan fingerprint density at radius 3 is 2.59 bits per heavy atom. The monoisotopic (exact) mass is 459 g/mol. The van der Waals surface area contributed by atoms with Crippen LogP contribution in [0.25, 0.3) is 0 Å². The van der Waals surface area contributed by atoms with E-state index in [-0.39, 0.29) is 23.9 Å². The average Bonchev–Trinajstić information content (AvgIpc) is 2.79. The Labute approximate surface area is 193 Å². The van der Waals surface area contributed by atoms with Crippen molar-refractivity contribution in [2.75, 3.05) is 46.2 Å². The second kappa shape index (κ2) is 11.2. The van der Waals surface area contributed by atoms with E-state index in [1.54, 1.807) is 37.6 Å². The van der Waals surface area contributed by atoms with Crippen LogP contribution in [0, 0.1) is 0 Å². The number of hydrogen-bond acceptors (Lipinski definition) is 5. The molecule has 3 amide bonds. The number of piperidine rings is 1. The molecule has 8 nitrogen and oxygen atoms in total. The highest BCUT2D eigenvalue weighted by Gasteiger charge is 2.34. The fourth-order valence-electron chi connectivity index (χ4n) is 3.73. The molecule has 1 saturated heterocycles. The molecular formula is C23H30ClN5O3. The van der Waals surface area contributed by atoms with E-state index < -0.39 is 0 Å². The summed E-state index contributed by atoms with van der Waals surface area (Å²) in [6.07, 6.45) is 2.76. The third-order valence-electron chi connectivity index (χ3n) is 5.53. The van der Waals surface area contributed by atoms with Crippen LogP contribution in [-0.2, 0) is 4.79 Å². The summed E-state index contributed by atoms with van der Waals surface area (Å²) in [7, 11) is 5.49. The number of aromatic nitrogens is 1. The molecule has 1 aliphatic heterocycles. The van der Waals surface area contributed by atoms with E-state index in [0.717, 1.165) is 5.69 Å². The molecule has 0 aliphatic carbocycles. The van der Waals surface area contributed by atoms with Crippen molar-refractivity contribution in [1.82, 2.24) is 20.1 Å². The van der Waals surface area contributed by atoms with Crippen molar-refractivity contribution in [1.29, 1.82) is 0 Å². The van der Waals surface area contributed by atoms with Crippen LogP contribution < -0.4 is 15.4 Å². The van der Waals surface area contributed by atoms with Crippen LogP contribution in [0.15, 0.2) is 42.6 Å². The normalized spacial score (nSPS) is 18.3. The van der Waals surface area contributed by atoms with Gasteiger partial charge in [0.1, 0.15) is 5.75 Å². The first kappa shape index (κ1) is 23.8. The molecule has 9 heteroatoms. The highest BCUT2D eigenvalue weighted by Crippen LogP contribution is 2.28. The van der Waals surface area contributed by atoms with Crippen molar-refractivity contribution in [2.24, 2.45) is 0 Å². The van der Waals surface area contributed by atoms with E-state index in [1.165, 1.54) is 0 Å². The van der Waals surface area contributed by atoms with Gasteiger partial charge in [0.2, 0.25) is 5.91 Å². The molecule has 2 atom stereocenters. The second-order valence-corrected chi connectivity index (χ2v) is 8.56. The van der Waals surface area contributed by atoms with E-state index in [9.17, 15) is 9.59 Å². The molecule has 3 rings (SSSR count). The minimum absolute atomic E-state index is 0.112. The number of anilines is 1. The van der Waals surface area contributed by atoms with Crippen LogP contribution >= 0.6 is 11.6 Å². The van der Waals surface area contributed by atoms with Crippen LogP contribution in [0.1, 0.15) is 24.5 Å². The lowest BCUT2D eigenvalue weighted by Crippen LogP contribution is -2.52. The van der Waals surface area contributed by atoms with Crippen molar-refractivity contribution in [3.8, 4) is 5.75 Å². The van der Waals surface area contributed by atoms with Gasteiger partial charge in [-0.2, -0.15) is 0 Å². The summed E-state index contributed by atoms with van der Waals surface area (Å²) in [5.41, 5.74) is 1.47. The first-order valence-corrected chi connectivity index (χ1v) is 11.0. The van der Waals surface area contributed by atoms with E-state index >= 15 is 0 Å². The molecule has 32 heavy (non-hydrogen) atoms. The number of urea groups is 1. The Hall–Kier alpha value is -2.84. The predicted molar refractivity (Wildman–Crippen MR) is 125 cm³/mol. The van der Waals surface area contributed by atoms with Crippen molar-refractivity contribution in [3.05, 3.63) is 53.3 Å². The lowest BCUT2D eigenvalue weighted by molar-refractivity contribution is -0.132. The van der Waals surface area contributed by atoms with Crippen LogP contribution in [0.4, 0.5) is 10.5 Å². The van der Waals surface area contributed by atoms with Gasteiger partial charge in [-0.15, -0.1) is 0 Å². The van der Waals surface area contributed by atoms with Gasteiger partial charge in [0.15, 0.2) is 0 Å². The fourth-order valence-corrected chi connectivity index (χ4v) is 3.85. The predicted octanol–water partition coefficient (Wildman–Crippen LogP) is 3.20. The van der Waals surface area contributed by atoms with Gasteiger partial charge in [0, 0.05) is 54.4 Å². The third-order valence-corrected chi connectivity index (χ3v) is 5.78. The van der Waals surface area contributed by atoms with Gasteiger partial charge in [-0.05, 0) is 56.9 Å². The van der Waals surface area contributed by atoms with E-state index in [4.69, 9.17) is 16.3 Å². The molecule has 1 aromatic carbocycles. The van der Waals surface area contributed by atoms with Crippen molar-refractivity contribution < 1.29 is 14.3 Å². The van der Waals surface area contributed by atoms with Crippen LogP contribution in [0.2, 0.25) is 5.02 Å². The number of benzene rings is 1. The number of halogens is 1. The molecule has 2 unspecified atom stereocenters. The quantitative estimate of drug-likeness (QED) is 0.664. The zero-order valence-corrected chi connectivity index (χ0v) is 19.4. The van der Waals surface area contributed by atoms with Crippen molar-refractivity contribution in [3.63, 3.8) is 0 Å². The first-order chi connectivity index (χ1) is 15.4. The summed E-state index contributed by atoms with van der Waals surface area (Å²) < 4.78 is 5.22. The SMILES string of the molecule is COc1ccc(C2CN(C(=O)CCN(C)C)CCC2NC(=O)Nc2ccc(Cl)cc2)nc1. The molecule has 0 spiro atoms. The maximum Gasteiger partial charge on any atom is 0.319 e. The van der Waals surface area contributed by atoms with Gasteiger partial charge in [0.25, 0.3) is 0 Å². The summed E-state index contributed by atoms with van der Waals surface area (Å²) in [5.74, 6) is 0.642. The number of carbonyl (C=O) groups is 2. The zero-order valence-electron chi connectivity index (χ0n) is 18.7. The van der Waals surface area contributed by atoms with Crippen molar-refractivity contribution >= 4 is 29.2 Å². The van der Waals surface area contributed by atoms with Crippen LogP contribution in [0.5, 0.6) is 5.75 Å². The lowest BCUT2D eigenvalue weighted by Gasteiger charge is -2.39. The standard InChI is InChI=1S/C23H30ClN5O3/c1-28(2)12-11-22(30)29-13-10-21(19(15-29)20-9-8-18(32-3)14-25-20)27-23(31)26-17-6-4-16(24)5-7-17/h4-9,14,19,21H,10-13,15H2,1-3H3,(H2,26,27,31). The lowest BCUT2D eigenvalue weighted by atomic mass is 9.88. The number of ether oxygens (including phenoxy) is 1. The molecule has 0 radical (unpaired) electrons. The number of likely N-dealkylation sites (tertiary alicyclic amines) is 1. The molecule has 2 aromatic rings. The van der Waals surface area contributed by atoms with Crippen LogP contribution in [0.3, 0.4) is 0 Å². The highest BCUT2D eigenvalue weighted by molar-refractivity contribution is 6.30. The minimum atomic E-state index is -0.303. The largest absolute Gasteiger partial charge is 0.495 e. The second-order valence-electron chi connectivity index (χ2n) is 8.12. The number of nitrogens with zero attached hydrogens (tertiary/aromatic N) is 3. The molecule has 0 saturated carbocycles. The maximum atomic E-state index is 12.7. The van der Waals surface area contributed by atoms with E-state index in [1.807, 2.05) is 36.0 Å². The van der Waals surface area contributed by atoms with E-state index in [2.05, 4.69) is 15.6 Å². The molecule has 0 bridgehead atoms. The third kappa shape index (κ3) is 6.58. The van der Waals surface area contributed by atoms with Gasteiger partial charge in [-0.25, -0.2) is 4.79 Å². The molecule has 172 valence electrons.